The van der Waals surface area contributed by atoms with Crippen LogP contribution in [0, 0.1) is 0 Å². The number of aromatic nitrogens is 1. The van der Waals surface area contributed by atoms with Crippen molar-refractivity contribution in [2.45, 2.75) is 61.9 Å². The lowest BCUT2D eigenvalue weighted by molar-refractivity contribution is -0.134. The van der Waals surface area contributed by atoms with E-state index in [4.69, 9.17) is 11.6 Å². The van der Waals surface area contributed by atoms with Crippen molar-refractivity contribution in [2.24, 2.45) is 7.05 Å². The standard InChI is InChI=1S/C21H30ClN3O3S/c1-15(22)21(26)25(17-8-6-5-7-9-17)14-16-13-24(4)20-11-10-18(12-19(16)20)29(27,28)23(2)3/h10-13,15,17H,5-9,14H2,1-4H3. The van der Waals surface area contributed by atoms with Crippen LogP contribution in [0.2, 0.25) is 0 Å². The van der Waals surface area contributed by atoms with Gasteiger partial charge in [-0.2, -0.15) is 0 Å². The van der Waals surface area contributed by atoms with Gasteiger partial charge in [-0.15, -0.1) is 11.6 Å². The molecule has 6 nitrogen and oxygen atoms in total. The van der Waals surface area contributed by atoms with Gasteiger partial charge < -0.3 is 9.47 Å². The molecule has 1 fully saturated rings. The minimum Gasteiger partial charge on any atom is -0.350 e. The third kappa shape index (κ3) is 4.47. The fourth-order valence-electron chi connectivity index (χ4n) is 4.14. The molecule has 0 aliphatic heterocycles. The molecule has 0 radical (unpaired) electrons. The molecule has 0 bridgehead atoms. The maximum atomic E-state index is 12.9. The molecular weight excluding hydrogens is 410 g/mol. The van der Waals surface area contributed by atoms with Gasteiger partial charge in [0.05, 0.1) is 4.90 Å². The number of carbonyl (C=O) groups excluding carboxylic acids is 1. The van der Waals surface area contributed by atoms with Gasteiger partial charge in [-0.3, -0.25) is 4.79 Å². The Kier molecular flexibility index (Phi) is 6.61. The predicted molar refractivity (Wildman–Crippen MR) is 117 cm³/mol. The first-order chi connectivity index (χ1) is 13.6. The highest BCUT2D eigenvalue weighted by molar-refractivity contribution is 7.89. The molecule has 0 saturated heterocycles. The van der Waals surface area contributed by atoms with Gasteiger partial charge in [-0.1, -0.05) is 19.3 Å². The van der Waals surface area contributed by atoms with Gasteiger partial charge in [0.25, 0.3) is 0 Å². The highest BCUT2D eigenvalue weighted by atomic mass is 35.5. The molecule has 2 aromatic rings. The van der Waals surface area contributed by atoms with E-state index in [1.54, 1.807) is 19.1 Å². The Labute approximate surface area is 178 Å². The number of benzene rings is 1. The molecule has 1 unspecified atom stereocenters. The minimum absolute atomic E-state index is 0.0624. The van der Waals surface area contributed by atoms with Crippen molar-refractivity contribution >= 4 is 38.4 Å². The van der Waals surface area contributed by atoms with E-state index in [1.807, 2.05) is 28.8 Å². The number of amides is 1. The fraction of sp³-hybridized carbons (Fsp3) is 0.571. The number of sulfonamides is 1. The van der Waals surface area contributed by atoms with Gasteiger partial charge in [0.1, 0.15) is 5.38 Å². The van der Waals surface area contributed by atoms with E-state index < -0.39 is 15.4 Å². The van der Waals surface area contributed by atoms with Gasteiger partial charge in [0, 0.05) is 50.8 Å². The third-order valence-electron chi connectivity index (χ3n) is 5.80. The molecule has 1 aromatic heterocycles. The Morgan fingerprint density at radius 3 is 2.48 bits per heavy atom. The van der Waals surface area contributed by atoms with Gasteiger partial charge in [-0.05, 0) is 43.5 Å². The molecular formula is C21H30ClN3O3S. The van der Waals surface area contributed by atoms with Gasteiger partial charge in [0.2, 0.25) is 15.9 Å². The van der Waals surface area contributed by atoms with E-state index in [1.165, 1.54) is 24.8 Å². The third-order valence-corrected chi connectivity index (χ3v) is 7.80. The summed E-state index contributed by atoms with van der Waals surface area (Å²) in [5, 5.41) is 0.267. The Bertz CT molecular complexity index is 992. The van der Waals surface area contributed by atoms with Crippen molar-refractivity contribution in [3.63, 3.8) is 0 Å². The van der Waals surface area contributed by atoms with Crippen molar-refractivity contribution in [3.05, 3.63) is 30.0 Å². The van der Waals surface area contributed by atoms with Crippen LogP contribution in [-0.4, -0.2) is 53.6 Å². The van der Waals surface area contributed by atoms with Crippen LogP contribution in [0.5, 0.6) is 0 Å². The molecule has 29 heavy (non-hydrogen) atoms. The average molecular weight is 440 g/mol. The SMILES string of the molecule is CC(Cl)C(=O)N(Cc1cn(C)c2ccc(S(=O)(=O)N(C)C)cc12)C1CCCCC1. The van der Waals surface area contributed by atoms with Gasteiger partial charge in [0.15, 0.2) is 0 Å². The molecule has 160 valence electrons. The molecule has 1 saturated carbocycles. The van der Waals surface area contributed by atoms with Crippen LogP contribution in [0.4, 0.5) is 0 Å². The fourth-order valence-corrected chi connectivity index (χ4v) is 5.20. The highest BCUT2D eigenvalue weighted by Gasteiger charge is 2.29. The van der Waals surface area contributed by atoms with Crippen molar-refractivity contribution in [3.8, 4) is 0 Å². The summed E-state index contributed by atoms with van der Waals surface area (Å²) in [4.78, 5) is 15.0. The van der Waals surface area contributed by atoms with Crippen LogP contribution in [0.1, 0.15) is 44.6 Å². The molecule has 1 aliphatic rings. The zero-order valence-electron chi connectivity index (χ0n) is 17.6. The first-order valence-corrected chi connectivity index (χ1v) is 12.0. The van der Waals surface area contributed by atoms with Crippen molar-refractivity contribution in [2.75, 3.05) is 14.1 Å². The zero-order valence-corrected chi connectivity index (χ0v) is 19.1. The molecule has 1 heterocycles. The number of aryl methyl sites for hydroxylation is 1. The van der Waals surface area contributed by atoms with E-state index in [0.717, 1.165) is 42.1 Å². The number of alkyl halides is 1. The van der Waals surface area contributed by atoms with E-state index >= 15 is 0 Å². The largest absolute Gasteiger partial charge is 0.350 e. The molecule has 0 N–H and O–H groups in total. The zero-order chi connectivity index (χ0) is 21.3. The first-order valence-electron chi connectivity index (χ1n) is 10.1. The first kappa shape index (κ1) is 22.1. The van der Waals surface area contributed by atoms with Crippen LogP contribution < -0.4 is 0 Å². The van der Waals surface area contributed by atoms with E-state index in [-0.39, 0.29) is 16.8 Å². The lowest BCUT2D eigenvalue weighted by atomic mass is 9.93. The highest BCUT2D eigenvalue weighted by Crippen LogP contribution is 2.30. The number of carbonyl (C=O) groups is 1. The van der Waals surface area contributed by atoms with E-state index in [2.05, 4.69) is 0 Å². The van der Waals surface area contributed by atoms with E-state index in [0.29, 0.717) is 6.54 Å². The van der Waals surface area contributed by atoms with Crippen LogP contribution in [0.3, 0.4) is 0 Å². The normalized spacial score (nSPS) is 17.0. The molecule has 1 aromatic carbocycles. The van der Waals surface area contributed by atoms with Crippen LogP contribution in [0.25, 0.3) is 10.9 Å². The minimum atomic E-state index is -3.53. The summed E-state index contributed by atoms with van der Waals surface area (Å²) in [7, 11) is 1.45. The van der Waals surface area contributed by atoms with Crippen molar-refractivity contribution in [1.82, 2.24) is 13.8 Å². The van der Waals surface area contributed by atoms with Gasteiger partial charge in [-0.25, -0.2) is 12.7 Å². The van der Waals surface area contributed by atoms with Crippen molar-refractivity contribution in [1.29, 1.82) is 0 Å². The monoisotopic (exact) mass is 439 g/mol. The molecule has 0 spiro atoms. The summed E-state index contributed by atoms with van der Waals surface area (Å²) in [5.74, 6) is -0.0624. The average Bonchev–Trinajstić information content (AvgIpc) is 3.01. The Morgan fingerprint density at radius 1 is 1.24 bits per heavy atom. The summed E-state index contributed by atoms with van der Waals surface area (Å²) in [5.41, 5.74) is 1.88. The maximum absolute atomic E-state index is 12.9. The second-order valence-electron chi connectivity index (χ2n) is 8.11. The lowest BCUT2D eigenvalue weighted by Crippen LogP contribution is -2.43. The topological polar surface area (TPSA) is 62.6 Å². The predicted octanol–water partition coefficient (Wildman–Crippen LogP) is 3.72. The molecule has 1 atom stereocenters. The van der Waals surface area contributed by atoms with Gasteiger partial charge >= 0.3 is 0 Å². The second-order valence-corrected chi connectivity index (χ2v) is 10.9. The maximum Gasteiger partial charge on any atom is 0.242 e. The molecule has 1 amide bonds. The number of rotatable bonds is 6. The summed E-state index contributed by atoms with van der Waals surface area (Å²) >= 11 is 6.17. The van der Waals surface area contributed by atoms with E-state index in [9.17, 15) is 13.2 Å². The number of halogens is 1. The summed E-state index contributed by atoms with van der Waals surface area (Å²) in [6.45, 7) is 2.15. The van der Waals surface area contributed by atoms with Crippen molar-refractivity contribution < 1.29 is 13.2 Å². The number of hydrogen-bond acceptors (Lipinski definition) is 3. The number of nitrogens with zero attached hydrogens (tertiary/aromatic N) is 3. The Balaban J connectivity index is 2.03. The van der Waals surface area contributed by atoms with Crippen LogP contribution in [0.15, 0.2) is 29.3 Å². The number of fused-ring (bicyclic) bond motifs is 1. The quantitative estimate of drug-likeness (QED) is 0.644. The smallest absolute Gasteiger partial charge is 0.242 e. The Morgan fingerprint density at radius 2 is 1.90 bits per heavy atom. The summed E-state index contributed by atoms with van der Waals surface area (Å²) in [6, 6.07) is 5.35. The van der Waals surface area contributed by atoms with Crippen LogP contribution >= 0.6 is 11.6 Å². The molecule has 1 aliphatic carbocycles. The number of hydrogen-bond donors (Lipinski definition) is 0. The molecule has 3 rings (SSSR count). The van der Waals surface area contributed by atoms with Crippen LogP contribution in [-0.2, 0) is 28.4 Å². The summed E-state index contributed by atoms with van der Waals surface area (Å²) < 4.78 is 28.4. The molecule has 8 heteroatoms. The lowest BCUT2D eigenvalue weighted by Gasteiger charge is -2.35. The second kappa shape index (κ2) is 8.66. The Hall–Kier alpha value is -1.57. The summed E-state index contributed by atoms with van der Waals surface area (Å²) in [6.07, 6.45) is 7.40.